The van der Waals surface area contributed by atoms with Gasteiger partial charge in [0.1, 0.15) is 0 Å². The molecule has 0 aliphatic carbocycles. The number of aryl methyl sites for hydroxylation is 2. The van der Waals surface area contributed by atoms with Crippen LogP contribution in [-0.2, 0) is 14.2 Å². The van der Waals surface area contributed by atoms with E-state index in [1.54, 1.807) is 21.1 Å². The van der Waals surface area contributed by atoms with E-state index in [9.17, 15) is 23.9 Å². The summed E-state index contributed by atoms with van der Waals surface area (Å²) in [6.07, 6.45) is 0.668. The molecule has 0 saturated carbocycles. The second-order valence-electron chi connectivity index (χ2n) is 10.8. The largest absolute Gasteiger partial charge is 0.524 e. The molecule has 0 bridgehead atoms. The van der Waals surface area contributed by atoms with Gasteiger partial charge >= 0.3 is 7.82 Å². The molecule has 2 aromatic heterocycles. The number of fused-ring (bicyclic) bond motifs is 6. The number of hydrogen-bond acceptors (Lipinski definition) is 6. The molecule has 13 heteroatoms. The molecule has 2 amide bonds. The lowest BCUT2D eigenvalue weighted by atomic mass is 9.97. The second-order valence-corrected chi connectivity index (χ2v) is 14.3. The van der Waals surface area contributed by atoms with Crippen molar-refractivity contribution >= 4 is 97.1 Å². The molecule has 0 spiro atoms. The zero-order valence-electron chi connectivity index (χ0n) is 22.9. The Morgan fingerprint density at radius 1 is 0.976 bits per heavy atom. The maximum absolute atomic E-state index is 13.5. The SMILES string of the molecule is Cc1csc2[c]cc3c(c12)[C@H](CCl)CN3C(=O)CCCC(=O)N1C[C@@H](CCl)c2c1cc(OP(=O)(O)O)c1scc(C)c21. The first-order chi connectivity index (χ1) is 20.0. The van der Waals surface area contributed by atoms with E-state index in [0.717, 1.165) is 43.4 Å². The third-order valence-electron chi connectivity index (χ3n) is 8.05. The van der Waals surface area contributed by atoms with Crippen LogP contribution < -0.4 is 14.3 Å². The van der Waals surface area contributed by atoms with Gasteiger partial charge in [0.25, 0.3) is 0 Å². The highest BCUT2D eigenvalue weighted by molar-refractivity contribution is 7.46. The number of thiophene rings is 2. The topological polar surface area (TPSA) is 107 Å². The van der Waals surface area contributed by atoms with Crippen molar-refractivity contribution in [1.29, 1.82) is 0 Å². The first-order valence-electron chi connectivity index (χ1n) is 13.5. The second kappa shape index (κ2) is 11.4. The zero-order chi connectivity index (χ0) is 29.9. The predicted molar refractivity (Wildman–Crippen MR) is 170 cm³/mol. The van der Waals surface area contributed by atoms with E-state index in [1.807, 2.05) is 18.4 Å². The Hall–Kier alpha value is -2.17. The van der Waals surface area contributed by atoms with Crippen LogP contribution in [0.2, 0.25) is 0 Å². The highest BCUT2D eigenvalue weighted by Crippen LogP contribution is 2.52. The zero-order valence-corrected chi connectivity index (χ0v) is 26.9. The minimum absolute atomic E-state index is 0.0340. The molecule has 2 aliphatic rings. The lowest BCUT2D eigenvalue weighted by Gasteiger charge is -2.20. The lowest BCUT2D eigenvalue weighted by Crippen LogP contribution is -2.32. The molecule has 2 atom stereocenters. The van der Waals surface area contributed by atoms with Gasteiger partial charge < -0.3 is 14.3 Å². The van der Waals surface area contributed by atoms with Crippen LogP contribution in [0.1, 0.15) is 53.4 Å². The molecule has 4 aromatic rings. The number of nitrogens with zero attached hydrogens (tertiary/aromatic N) is 2. The summed E-state index contributed by atoms with van der Waals surface area (Å²) in [5.74, 6) is 0.364. The molecule has 2 aromatic carbocycles. The average molecular weight is 667 g/mol. The van der Waals surface area contributed by atoms with E-state index >= 15 is 0 Å². The van der Waals surface area contributed by atoms with Crippen molar-refractivity contribution in [1.82, 2.24) is 0 Å². The van der Waals surface area contributed by atoms with Gasteiger partial charge in [0.2, 0.25) is 11.8 Å². The van der Waals surface area contributed by atoms with Gasteiger partial charge in [-0.3, -0.25) is 19.4 Å². The third kappa shape index (κ3) is 5.15. The molecule has 2 N–H and O–H groups in total. The number of amides is 2. The summed E-state index contributed by atoms with van der Waals surface area (Å²) in [4.78, 5) is 49.3. The maximum atomic E-state index is 13.5. The summed E-state index contributed by atoms with van der Waals surface area (Å²) >= 11 is 15.6. The predicted octanol–water partition coefficient (Wildman–Crippen LogP) is 7.21. The van der Waals surface area contributed by atoms with Crippen LogP contribution in [0.25, 0.3) is 20.2 Å². The number of halogens is 2. The van der Waals surface area contributed by atoms with Crippen molar-refractivity contribution in [3.8, 4) is 5.75 Å². The highest BCUT2D eigenvalue weighted by atomic mass is 35.5. The van der Waals surface area contributed by atoms with Crippen LogP contribution >= 0.6 is 53.7 Å². The van der Waals surface area contributed by atoms with Crippen LogP contribution in [0.15, 0.2) is 22.9 Å². The molecular weight excluding hydrogens is 638 g/mol. The number of carbonyl (C=O) groups is 2. The number of hydrogen-bond donors (Lipinski definition) is 2. The summed E-state index contributed by atoms with van der Waals surface area (Å²) in [5, 5.41) is 5.94. The average Bonchev–Trinajstić information content (AvgIpc) is 3.70. The molecule has 42 heavy (non-hydrogen) atoms. The minimum atomic E-state index is -4.83. The van der Waals surface area contributed by atoms with Gasteiger partial charge in [-0.05, 0) is 59.3 Å². The van der Waals surface area contributed by atoms with E-state index in [2.05, 4.69) is 18.4 Å². The van der Waals surface area contributed by atoms with Gasteiger partial charge in [-0.15, -0.1) is 45.9 Å². The number of alkyl halides is 2. The van der Waals surface area contributed by atoms with Gasteiger partial charge in [-0.2, -0.15) is 0 Å². The van der Waals surface area contributed by atoms with Gasteiger partial charge in [-0.25, -0.2) is 4.57 Å². The number of phosphoric acid groups is 1. The number of rotatable bonds is 8. The Balaban J connectivity index is 1.21. The summed E-state index contributed by atoms with van der Waals surface area (Å²) in [6, 6.07) is 6.72. The molecule has 8 nitrogen and oxygen atoms in total. The summed E-state index contributed by atoms with van der Waals surface area (Å²) < 4.78 is 18.4. The van der Waals surface area contributed by atoms with Crippen molar-refractivity contribution < 1.29 is 28.5 Å². The van der Waals surface area contributed by atoms with E-state index in [1.165, 1.54) is 17.4 Å². The molecule has 6 rings (SSSR count). The maximum Gasteiger partial charge on any atom is 0.524 e. The Labute approximate surface area is 261 Å². The van der Waals surface area contributed by atoms with E-state index < -0.39 is 7.82 Å². The van der Waals surface area contributed by atoms with Gasteiger partial charge in [0, 0.05) is 82.8 Å². The number of benzene rings is 2. The summed E-state index contributed by atoms with van der Waals surface area (Å²) in [7, 11) is -4.83. The molecule has 1 radical (unpaired) electrons. The summed E-state index contributed by atoms with van der Waals surface area (Å²) in [5.41, 5.74) is 5.45. The minimum Gasteiger partial charge on any atom is -0.403 e. The van der Waals surface area contributed by atoms with E-state index in [0.29, 0.717) is 35.8 Å². The van der Waals surface area contributed by atoms with Crippen molar-refractivity contribution in [3.05, 3.63) is 51.2 Å². The van der Waals surface area contributed by atoms with Crippen LogP contribution in [0, 0.1) is 19.9 Å². The standard InChI is InChI=1S/C29H28Cl2N2O6PS2/c1-15-13-41-22-7-6-19-27(25(15)22)17(9-30)11-32(19)23(34)4-3-5-24(35)33-12-18(10-31)28-20(33)8-21(39-40(36,37)38)29-26(28)16(2)14-42-29/h6,8,13-14,17-18H,3-5,9-12H2,1-2H3,(H2,36,37,38)/t17-,18-/m1/s1. The first-order valence-corrected chi connectivity index (χ1v) is 17.8. The Morgan fingerprint density at radius 2 is 1.55 bits per heavy atom. The van der Waals surface area contributed by atoms with Crippen molar-refractivity contribution in [3.63, 3.8) is 0 Å². The molecule has 4 heterocycles. The van der Waals surface area contributed by atoms with Crippen LogP contribution in [0.5, 0.6) is 5.75 Å². The molecule has 0 fully saturated rings. The Morgan fingerprint density at radius 3 is 2.17 bits per heavy atom. The molecule has 2 aliphatic heterocycles. The van der Waals surface area contributed by atoms with E-state index in [4.69, 9.17) is 27.7 Å². The number of anilines is 2. The van der Waals surface area contributed by atoms with Crippen molar-refractivity contribution in [2.75, 3.05) is 34.6 Å². The molecule has 0 unspecified atom stereocenters. The highest BCUT2D eigenvalue weighted by Gasteiger charge is 2.37. The first kappa shape index (κ1) is 29.9. The van der Waals surface area contributed by atoms with Crippen molar-refractivity contribution in [2.45, 2.75) is 44.9 Å². The van der Waals surface area contributed by atoms with Gasteiger partial charge in [-0.1, -0.05) is 0 Å². The normalized spacial score (nSPS) is 18.2. The van der Waals surface area contributed by atoms with Crippen LogP contribution in [0.4, 0.5) is 11.4 Å². The Bertz CT molecular complexity index is 1780. The quantitative estimate of drug-likeness (QED) is 0.152. The molecular formula is C29H28Cl2N2O6PS2. The van der Waals surface area contributed by atoms with Gasteiger partial charge in [0.15, 0.2) is 5.75 Å². The third-order valence-corrected chi connectivity index (χ3v) is 11.4. The summed E-state index contributed by atoms with van der Waals surface area (Å²) in [6.45, 7) is 4.82. The van der Waals surface area contributed by atoms with Crippen LogP contribution in [0.3, 0.4) is 0 Å². The smallest absolute Gasteiger partial charge is 0.403 e. The molecule has 221 valence electrons. The van der Waals surface area contributed by atoms with Crippen molar-refractivity contribution in [2.24, 2.45) is 0 Å². The van der Waals surface area contributed by atoms with E-state index in [-0.39, 0.29) is 48.1 Å². The monoisotopic (exact) mass is 665 g/mol. The fourth-order valence-electron chi connectivity index (χ4n) is 6.25. The fraction of sp³-hybridized carbons (Fsp3) is 0.379. The Kier molecular flexibility index (Phi) is 8.11. The molecule has 0 saturated heterocycles. The fourth-order valence-corrected chi connectivity index (χ4v) is 9.17. The number of carbonyl (C=O) groups excluding carboxylic acids is 2. The van der Waals surface area contributed by atoms with Crippen LogP contribution in [-0.4, -0.2) is 46.5 Å². The van der Waals surface area contributed by atoms with Gasteiger partial charge in [0.05, 0.1) is 10.4 Å². The number of phosphoric ester groups is 1. The lowest BCUT2D eigenvalue weighted by molar-refractivity contribution is -0.119.